The van der Waals surface area contributed by atoms with Crippen molar-refractivity contribution in [2.45, 2.75) is 26.4 Å². The van der Waals surface area contributed by atoms with Crippen LogP contribution in [0.1, 0.15) is 29.2 Å². The number of carbonyl (C=O) groups excluding carboxylic acids is 1. The molecule has 0 aromatic heterocycles. The van der Waals surface area contributed by atoms with E-state index < -0.39 is 6.10 Å². The first kappa shape index (κ1) is 14.3. The molecule has 0 spiro atoms. The maximum absolute atomic E-state index is 12.0. The number of amides is 1. The van der Waals surface area contributed by atoms with Gasteiger partial charge in [0.1, 0.15) is 0 Å². The lowest BCUT2D eigenvalue weighted by Gasteiger charge is -2.12. The van der Waals surface area contributed by atoms with Gasteiger partial charge in [0.2, 0.25) is 5.91 Å². The Balaban J connectivity index is 1.99. The summed E-state index contributed by atoms with van der Waals surface area (Å²) in [6, 6.07) is 15.1. The summed E-state index contributed by atoms with van der Waals surface area (Å²) in [6.07, 6.45) is -0.723. The summed E-state index contributed by atoms with van der Waals surface area (Å²) in [5.74, 6) is -0.187. The largest absolute Gasteiger partial charge is 0.388 e. The van der Waals surface area contributed by atoms with Gasteiger partial charge in [0, 0.05) is 5.69 Å². The number of aliphatic hydroxyl groups is 1. The van der Waals surface area contributed by atoms with E-state index in [2.05, 4.69) is 5.32 Å². The fourth-order valence-corrected chi connectivity index (χ4v) is 2.12. The van der Waals surface area contributed by atoms with Crippen molar-refractivity contribution >= 4 is 11.6 Å². The first-order valence-electron chi connectivity index (χ1n) is 6.66. The Morgan fingerprint density at radius 2 is 1.85 bits per heavy atom. The molecule has 0 saturated carbocycles. The molecule has 0 aliphatic heterocycles. The average Bonchev–Trinajstić information content (AvgIpc) is 2.43. The van der Waals surface area contributed by atoms with E-state index in [0.29, 0.717) is 0 Å². The van der Waals surface area contributed by atoms with Gasteiger partial charge in [-0.1, -0.05) is 48.0 Å². The second-order valence-corrected chi connectivity index (χ2v) is 5.00. The minimum Gasteiger partial charge on any atom is -0.388 e. The number of nitrogens with one attached hydrogen (secondary N) is 1. The summed E-state index contributed by atoms with van der Waals surface area (Å²) in [5.41, 5.74) is 3.72. The van der Waals surface area contributed by atoms with Gasteiger partial charge in [-0.3, -0.25) is 4.79 Å². The highest BCUT2D eigenvalue weighted by molar-refractivity contribution is 5.91. The maximum atomic E-state index is 12.0. The Labute approximate surface area is 119 Å². The van der Waals surface area contributed by atoms with Crippen LogP contribution in [0.4, 0.5) is 5.69 Å². The molecule has 0 aliphatic carbocycles. The molecule has 104 valence electrons. The van der Waals surface area contributed by atoms with Gasteiger partial charge in [-0.05, 0) is 31.0 Å². The van der Waals surface area contributed by atoms with E-state index in [1.54, 1.807) is 0 Å². The molecule has 0 radical (unpaired) electrons. The number of aryl methyl sites for hydroxylation is 2. The zero-order valence-corrected chi connectivity index (χ0v) is 11.8. The predicted octanol–water partition coefficient (Wildman–Crippen LogP) is 3.37. The van der Waals surface area contributed by atoms with Crippen LogP contribution in [0.2, 0.25) is 0 Å². The first-order chi connectivity index (χ1) is 9.56. The number of hydrogen-bond donors (Lipinski definition) is 2. The zero-order valence-electron chi connectivity index (χ0n) is 11.8. The van der Waals surface area contributed by atoms with Crippen LogP contribution in [0.3, 0.4) is 0 Å². The summed E-state index contributed by atoms with van der Waals surface area (Å²) < 4.78 is 0. The number of benzene rings is 2. The van der Waals surface area contributed by atoms with Crippen molar-refractivity contribution in [1.82, 2.24) is 0 Å². The van der Waals surface area contributed by atoms with Gasteiger partial charge >= 0.3 is 0 Å². The molecule has 2 aromatic rings. The third kappa shape index (κ3) is 3.68. The second kappa shape index (κ2) is 6.35. The van der Waals surface area contributed by atoms with Crippen molar-refractivity contribution in [2.24, 2.45) is 0 Å². The van der Waals surface area contributed by atoms with Crippen LogP contribution in [0.25, 0.3) is 0 Å². The van der Waals surface area contributed by atoms with Crippen LogP contribution in [-0.4, -0.2) is 11.0 Å². The number of rotatable bonds is 4. The van der Waals surface area contributed by atoms with Gasteiger partial charge in [0.25, 0.3) is 0 Å². The molecule has 2 aromatic carbocycles. The summed E-state index contributed by atoms with van der Waals surface area (Å²) in [5, 5.41) is 12.9. The number of carbonyl (C=O) groups is 1. The van der Waals surface area contributed by atoms with Crippen LogP contribution in [0.5, 0.6) is 0 Å². The first-order valence-corrected chi connectivity index (χ1v) is 6.66. The minimum absolute atomic E-state index is 0.0529. The molecule has 3 nitrogen and oxygen atoms in total. The van der Waals surface area contributed by atoms with Crippen molar-refractivity contribution in [3.8, 4) is 0 Å². The Morgan fingerprint density at radius 1 is 1.15 bits per heavy atom. The Morgan fingerprint density at radius 3 is 2.50 bits per heavy atom. The molecule has 2 rings (SSSR count). The summed E-state index contributed by atoms with van der Waals surface area (Å²) >= 11 is 0. The van der Waals surface area contributed by atoms with Gasteiger partial charge in [-0.25, -0.2) is 0 Å². The maximum Gasteiger partial charge on any atom is 0.227 e. The van der Waals surface area contributed by atoms with Gasteiger partial charge < -0.3 is 10.4 Å². The van der Waals surface area contributed by atoms with Gasteiger partial charge in [0.05, 0.1) is 12.5 Å². The fraction of sp³-hybridized carbons (Fsp3) is 0.235. The van der Waals surface area contributed by atoms with E-state index in [1.807, 2.05) is 62.4 Å². The molecule has 1 unspecified atom stereocenters. The van der Waals surface area contributed by atoms with E-state index >= 15 is 0 Å². The lowest BCUT2D eigenvalue weighted by atomic mass is 10.1. The highest BCUT2D eigenvalue weighted by atomic mass is 16.3. The normalized spacial score (nSPS) is 11.9. The molecule has 3 heteroatoms. The molecule has 1 amide bonds. The SMILES string of the molecule is Cc1ccc(NC(=O)CC(O)c2ccccc2)c(C)c1. The molecule has 0 fully saturated rings. The van der Waals surface area contributed by atoms with Gasteiger partial charge in [0.15, 0.2) is 0 Å². The third-order valence-electron chi connectivity index (χ3n) is 3.22. The third-order valence-corrected chi connectivity index (χ3v) is 3.22. The van der Waals surface area contributed by atoms with Gasteiger partial charge in [-0.15, -0.1) is 0 Å². The molecule has 0 heterocycles. The van der Waals surface area contributed by atoms with E-state index in [4.69, 9.17) is 0 Å². The monoisotopic (exact) mass is 269 g/mol. The molecule has 0 saturated heterocycles. The van der Waals surface area contributed by atoms with Crippen LogP contribution >= 0.6 is 0 Å². The summed E-state index contributed by atoms with van der Waals surface area (Å²) in [6.45, 7) is 3.97. The van der Waals surface area contributed by atoms with Crippen molar-refractivity contribution in [3.63, 3.8) is 0 Å². The standard InChI is InChI=1S/C17H19NO2/c1-12-8-9-15(13(2)10-12)18-17(20)11-16(19)14-6-4-3-5-7-14/h3-10,16,19H,11H2,1-2H3,(H,18,20). The predicted molar refractivity (Wildman–Crippen MR) is 80.6 cm³/mol. The number of aliphatic hydroxyl groups excluding tert-OH is 1. The van der Waals surface area contributed by atoms with Crippen molar-refractivity contribution < 1.29 is 9.90 Å². The van der Waals surface area contributed by atoms with Crippen molar-refractivity contribution in [3.05, 3.63) is 65.2 Å². The molecule has 2 N–H and O–H groups in total. The zero-order chi connectivity index (χ0) is 14.5. The lowest BCUT2D eigenvalue weighted by Crippen LogP contribution is -2.16. The van der Waals surface area contributed by atoms with Crippen molar-refractivity contribution in [1.29, 1.82) is 0 Å². The Kier molecular flexibility index (Phi) is 4.53. The summed E-state index contributed by atoms with van der Waals surface area (Å²) in [4.78, 5) is 12.0. The smallest absolute Gasteiger partial charge is 0.227 e. The molecular weight excluding hydrogens is 250 g/mol. The highest BCUT2D eigenvalue weighted by Crippen LogP contribution is 2.19. The molecule has 1 atom stereocenters. The highest BCUT2D eigenvalue weighted by Gasteiger charge is 2.13. The van der Waals surface area contributed by atoms with Crippen LogP contribution < -0.4 is 5.32 Å². The van der Waals surface area contributed by atoms with Crippen LogP contribution in [-0.2, 0) is 4.79 Å². The quantitative estimate of drug-likeness (QED) is 0.894. The topological polar surface area (TPSA) is 49.3 Å². The Bertz CT molecular complexity index is 593. The second-order valence-electron chi connectivity index (χ2n) is 5.00. The molecule has 0 aliphatic rings. The molecule has 0 bridgehead atoms. The van der Waals surface area contributed by atoms with Crippen molar-refractivity contribution in [2.75, 3.05) is 5.32 Å². The average molecular weight is 269 g/mol. The number of hydrogen-bond acceptors (Lipinski definition) is 2. The fourth-order valence-electron chi connectivity index (χ4n) is 2.12. The van der Waals surface area contributed by atoms with E-state index in [0.717, 1.165) is 22.4 Å². The molecule has 20 heavy (non-hydrogen) atoms. The lowest BCUT2D eigenvalue weighted by molar-refractivity contribution is -0.118. The van der Waals surface area contributed by atoms with E-state index in [9.17, 15) is 9.90 Å². The molecular formula is C17H19NO2. The van der Waals surface area contributed by atoms with E-state index in [-0.39, 0.29) is 12.3 Å². The van der Waals surface area contributed by atoms with Crippen LogP contribution in [0.15, 0.2) is 48.5 Å². The minimum atomic E-state index is -0.776. The van der Waals surface area contributed by atoms with E-state index in [1.165, 1.54) is 0 Å². The Hall–Kier alpha value is -2.13. The summed E-state index contributed by atoms with van der Waals surface area (Å²) in [7, 11) is 0. The number of anilines is 1. The van der Waals surface area contributed by atoms with Crippen LogP contribution in [0, 0.1) is 13.8 Å². The van der Waals surface area contributed by atoms with Gasteiger partial charge in [-0.2, -0.15) is 0 Å².